The number of hydrogen-bond donors (Lipinski definition) is 1. The van der Waals surface area contributed by atoms with Crippen LogP contribution in [0.2, 0.25) is 0 Å². The van der Waals surface area contributed by atoms with Gasteiger partial charge in [0.1, 0.15) is 6.54 Å². The second kappa shape index (κ2) is 3.83. The Balaban J connectivity index is 2.82. The second-order valence-electron chi connectivity index (χ2n) is 2.49. The van der Waals surface area contributed by atoms with Crippen molar-refractivity contribution in [3.8, 4) is 0 Å². The Morgan fingerprint density at radius 1 is 1.64 bits per heavy atom. The van der Waals surface area contributed by atoms with Gasteiger partial charge in [-0.25, -0.2) is 0 Å². The van der Waals surface area contributed by atoms with Crippen LogP contribution >= 0.6 is 11.3 Å². The average molecular weight is 172 g/mol. The van der Waals surface area contributed by atoms with Gasteiger partial charge in [-0.3, -0.25) is 0 Å². The number of hydrogen-bond acceptors (Lipinski definition) is 2. The molecule has 0 amide bonds. The van der Waals surface area contributed by atoms with E-state index in [1.165, 1.54) is 10.6 Å². The van der Waals surface area contributed by atoms with Gasteiger partial charge in [-0.1, -0.05) is 11.3 Å². The molecule has 0 spiro atoms. The highest BCUT2D eigenvalue weighted by Crippen LogP contribution is 2.10. The molecule has 0 aliphatic heterocycles. The predicted molar refractivity (Wildman–Crippen MR) is 45.7 cm³/mol. The molecule has 1 aromatic heterocycles. The maximum absolute atomic E-state index is 8.72. The smallest absolute Gasteiger partial charge is 0.225 e. The third-order valence-corrected chi connectivity index (χ3v) is 2.98. The number of thiazole rings is 1. The summed E-state index contributed by atoms with van der Waals surface area (Å²) in [5.74, 6) is 0. The van der Waals surface area contributed by atoms with E-state index in [0.717, 1.165) is 13.0 Å². The van der Waals surface area contributed by atoms with Crippen molar-refractivity contribution in [1.82, 2.24) is 0 Å². The highest BCUT2D eigenvalue weighted by Gasteiger charge is 2.11. The Bertz CT molecular complexity index is 232. The van der Waals surface area contributed by atoms with E-state index in [1.54, 1.807) is 11.3 Å². The fraction of sp³-hybridized carbons (Fsp3) is 0.625. The number of aliphatic hydroxyl groups excluding tert-OH is 1. The maximum atomic E-state index is 8.72. The maximum Gasteiger partial charge on any atom is 0.225 e. The molecule has 0 saturated heterocycles. The van der Waals surface area contributed by atoms with Crippen LogP contribution in [0.1, 0.15) is 17.5 Å². The Morgan fingerprint density at radius 2 is 2.36 bits per heavy atom. The van der Waals surface area contributed by atoms with Gasteiger partial charge in [-0.05, 0) is 6.92 Å². The van der Waals surface area contributed by atoms with Gasteiger partial charge in [0.25, 0.3) is 0 Å². The molecule has 62 valence electrons. The Hall–Kier alpha value is -0.410. The summed E-state index contributed by atoms with van der Waals surface area (Å²) >= 11 is 1.73. The topological polar surface area (TPSA) is 24.1 Å². The van der Waals surface area contributed by atoms with E-state index in [2.05, 4.69) is 23.9 Å². The van der Waals surface area contributed by atoms with Crippen molar-refractivity contribution in [3.63, 3.8) is 0 Å². The first kappa shape index (κ1) is 8.68. The highest BCUT2D eigenvalue weighted by atomic mass is 32.1. The van der Waals surface area contributed by atoms with E-state index < -0.39 is 0 Å². The number of rotatable bonds is 3. The van der Waals surface area contributed by atoms with Gasteiger partial charge >= 0.3 is 0 Å². The summed E-state index contributed by atoms with van der Waals surface area (Å²) < 4.78 is 2.20. The van der Waals surface area contributed by atoms with Gasteiger partial charge in [0, 0.05) is 20.0 Å². The van der Waals surface area contributed by atoms with Crippen LogP contribution in [0.25, 0.3) is 0 Å². The molecule has 11 heavy (non-hydrogen) atoms. The van der Waals surface area contributed by atoms with E-state index in [4.69, 9.17) is 5.11 Å². The third kappa shape index (κ3) is 1.79. The van der Waals surface area contributed by atoms with Crippen LogP contribution in [0.4, 0.5) is 0 Å². The zero-order valence-electron chi connectivity index (χ0n) is 7.00. The summed E-state index contributed by atoms with van der Waals surface area (Å²) in [5, 5.41) is 8.72. The van der Waals surface area contributed by atoms with Crippen LogP contribution in [-0.2, 0) is 13.0 Å². The molecule has 1 rings (SSSR count). The van der Waals surface area contributed by atoms with E-state index in [-0.39, 0.29) is 6.61 Å². The Labute approximate surface area is 71.1 Å². The van der Waals surface area contributed by atoms with Crippen LogP contribution in [-0.4, -0.2) is 11.7 Å². The van der Waals surface area contributed by atoms with Crippen LogP contribution in [0, 0.1) is 6.92 Å². The number of nitrogens with zero attached hydrogens (tertiary/aromatic N) is 1. The lowest BCUT2D eigenvalue weighted by Crippen LogP contribution is -2.32. The average Bonchev–Trinajstić information content (AvgIpc) is 2.34. The first-order valence-electron chi connectivity index (χ1n) is 3.86. The van der Waals surface area contributed by atoms with Crippen molar-refractivity contribution in [2.24, 2.45) is 0 Å². The molecule has 1 aromatic rings. The van der Waals surface area contributed by atoms with Gasteiger partial charge in [-0.15, -0.1) is 0 Å². The Morgan fingerprint density at radius 3 is 2.82 bits per heavy atom. The minimum atomic E-state index is 0.255. The minimum Gasteiger partial charge on any atom is -0.396 e. The van der Waals surface area contributed by atoms with E-state index in [1.807, 2.05) is 0 Å². The van der Waals surface area contributed by atoms with Crippen molar-refractivity contribution in [3.05, 3.63) is 16.1 Å². The zero-order chi connectivity index (χ0) is 8.27. The molecular formula is C8H14NOS+. The molecule has 0 aliphatic rings. The molecule has 1 N–H and O–H groups in total. The summed E-state index contributed by atoms with van der Waals surface area (Å²) in [7, 11) is 0. The van der Waals surface area contributed by atoms with Crippen LogP contribution in [0.3, 0.4) is 0 Å². The van der Waals surface area contributed by atoms with Crippen LogP contribution < -0.4 is 4.57 Å². The lowest BCUT2D eigenvalue weighted by atomic mass is 10.3. The number of aliphatic hydroxyl groups is 1. The van der Waals surface area contributed by atoms with Gasteiger partial charge in [0.2, 0.25) is 5.51 Å². The first-order valence-corrected chi connectivity index (χ1v) is 4.74. The predicted octanol–water partition coefficient (Wildman–Crippen LogP) is 0.899. The van der Waals surface area contributed by atoms with Gasteiger partial charge < -0.3 is 5.11 Å². The summed E-state index contributed by atoms with van der Waals surface area (Å²) in [6, 6.07) is 0. The number of aromatic nitrogens is 1. The molecule has 0 radical (unpaired) electrons. The van der Waals surface area contributed by atoms with E-state index >= 15 is 0 Å². The summed E-state index contributed by atoms with van der Waals surface area (Å²) in [5.41, 5.74) is 3.41. The molecule has 0 aromatic carbocycles. The van der Waals surface area contributed by atoms with Gasteiger partial charge in [-0.2, -0.15) is 4.57 Å². The lowest BCUT2D eigenvalue weighted by Gasteiger charge is -1.90. The summed E-state index contributed by atoms with van der Waals surface area (Å²) in [4.78, 5) is 1.30. The quantitative estimate of drug-likeness (QED) is 0.673. The molecule has 2 nitrogen and oxygen atoms in total. The standard InChI is InChI=1S/C8H14NOS/c1-3-9-6-11-8(4-5-10)7(9)2/h6,10H,3-5H2,1-2H3/q+1. The van der Waals surface area contributed by atoms with Gasteiger partial charge in [0.05, 0.1) is 4.88 Å². The van der Waals surface area contributed by atoms with Crippen molar-refractivity contribution in [2.45, 2.75) is 26.8 Å². The minimum absolute atomic E-state index is 0.255. The van der Waals surface area contributed by atoms with Crippen molar-refractivity contribution >= 4 is 11.3 Å². The monoisotopic (exact) mass is 172 g/mol. The van der Waals surface area contributed by atoms with Gasteiger partial charge in [0.15, 0.2) is 5.69 Å². The molecule has 0 fully saturated rings. The third-order valence-electron chi connectivity index (χ3n) is 1.84. The normalized spacial score (nSPS) is 10.5. The lowest BCUT2D eigenvalue weighted by molar-refractivity contribution is -0.694. The number of aryl methyl sites for hydroxylation is 1. The van der Waals surface area contributed by atoms with Crippen molar-refractivity contribution in [1.29, 1.82) is 0 Å². The summed E-state index contributed by atoms with van der Waals surface area (Å²) in [6.45, 7) is 5.51. The van der Waals surface area contributed by atoms with Crippen LogP contribution in [0.5, 0.6) is 0 Å². The fourth-order valence-corrected chi connectivity index (χ4v) is 2.16. The van der Waals surface area contributed by atoms with E-state index in [9.17, 15) is 0 Å². The summed E-state index contributed by atoms with van der Waals surface area (Å²) in [6.07, 6.45) is 0.795. The largest absolute Gasteiger partial charge is 0.396 e. The molecule has 0 unspecified atom stereocenters. The molecular weight excluding hydrogens is 158 g/mol. The highest BCUT2D eigenvalue weighted by molar-refractivity contribution is 7.09. The second-order valence-corrected chi connectivity index (χ2v) is 3.43. The molecule has 0 aliphatic carbocycles. The van der Waals surface area contributed by atoms with Crippen molar-refractivity contribution in [2.75, 3.05) is 6.61 Å². The SMILES string of the molecule is CC[n+]1csc(CCO)c1C. The first-order chi connectivity index (χ1) is 5.29. The Kier molecular flexibility index (Phi) is 3.02. The molecule has 0 bridgehead atoms. The van der Waals surface area contributed by atoms with E-state index in [0.29, 0.717) is 0 Å². The zero-order valence-corrected chi connectivity index (χ0v) is 7.82. The van der Waals surface area contributed by atoms with Crippen LogP contribution in [0.15, 0.2) is 5.51 Å². The molecule has 1 heterocycles. The molecule has 3 heteroatoms. The molecule has 0 saturated carbocycles. The molecule has 0 atom stereocenters. The fourth-order valence-electron chi connectivity index (χ4n) is 1.10. The van der Waals surface area contributed by atoms with Crippen molar-refractivity contribution < 1.29 is 9.67 Å².